The molecule has 0 aliphatic heterocycles. The third-order valence-electron chi connectivity index (χ3n) is 4.85. The van der Waals surface area contributed by atoms with E-state index in [0.717, 1.165) is 22.3 Å². The van der Waals surface area contributed by atoms with Crippen LogP contribution in [0, 0.1) is 34.6 Å². The number of benzene rings is 1. The molecule has 25 heavy (non-hydrogen) atoms. The molecular weight excluding hydrogens is 336 g/mol. The first-order valence-electron chi connectivity index (χ1n) is 8.07. The fraction of sp³-hybridized carbons (Fsp3) is 0.421. The van der Waals surface area contributed by atoms with E-state index in [1.807, 2.05) is 27.7 Å². The summed E-state index contributed by atoms with van der Waals surface area (Å²) in [6.07, 6.45) is 0. The minimum absolute atomic E-state index is 0.0882. The molecule has 2 aromatic rings. The highest BCUT2D eigenvalue weighted by Crippen LogP contribution is 2.27. The molecule has 1 heterocycles. The maximum atomic E-state index is 12.6. The number of rotatable bonds is 4. The Kier molecular flexibility index (Phi) is 5.62. The van der Waals surface area contributed by atoms with E-state index in [2.05, 4.69) is 11.9 Å². The van der Waals surface area contributed by atoms with Crippen molar-refractivity contribution in [1.82, 2.24) is 4.98 Å². The van der Waals surface area contributed by atoms with Gasteiger partial charge in [-0.25, -0.2) is 9.78 Å². The zero-order chi connectivity index (χ0) is 18.9. The molecular formula is C19H24N2O3S. The summed E-state index contributed by atoms with van der Waals surface area (Å²) in [4.78, 5) is 29.8. The van der Waals surface area contributed by atoms with Crippen molar-refractivity contribution in [3.63, 3.8) is 0 Å². The summed E-state index contributed by atoms with van der Waals surface area (Å²) >= 11 is 1.35. The Labute approximate surface area is 152 Å². The standard InChI is InChI=1S/C19H24N2O3S/c1-10-11(2)13(4)17(14(5)12(10)3)18(23)24-8-16-9-25-19(20-16)21(7)15(6)22/h9H,8H2,1-7H3. The number of esters is 1. The lowest BCUT2D eigenvalue weighted by atomic mass is 9.90. The fourth-order valence-corrected chi connectivity index (χ4v) is 3.49. The second-order valence-corrected chi connectivity index (χ2v) is 7.11. The van der Waals surface area contributed by atoms with Crippen LogP contribution in [0.4, 0.5) is 5.13 Å². The summed E-state index contributed by atoms with van der Waals surface area (Å²) in [5, 5.41) is 2.39. The minimum Gasteiger partial charge on any atom is -0.456 e. The highest BCUT2D eigenvalue weighted by atomic mass is 32.1. The van der Waals surface area contributed by atoms with Gasteiger partial charge in [-0.2, -0.15) is 0 Å². The van der Waals surface area contributed by atoms with Gasteiger partial charge >= 0.3 is 5.97 Å². The van der Waals surface area contributed by atoms with E-state index in [0.29, 0.717) is 16.4 Å². The van der Waals surface area contributed by atoms with Crippen LogP contribution in [0.5, 0.6) is 0 Å². The highest BCUT2D eigenvalue weighted by Gasteiger charge is 2.20. The largest absolute Gasteiger partial charge is 0.456 e. The number of carbonyl (C=O) groups excluding carboxylic acids is 2. The van der Waals surface area contributed by atoms with E-state index in [-0.39, 0.29) is 18.5 Å². The molecule has 5 nitrogen and oxygen atoms in total. The SMILES string of the molecule is CC(=O)N(C)c1nc(COC(=O)c2c(C)c(C)c(C)c(C)c2C)cs1. The summed E-state index contributed by atoms with van der Waals surface area (Å²) < 4.78 is 5.48. The number of aromatic nitrogens is 1. The molecule has 0 bridgehead atoms. The van der Waals surface area contributed by atoms with Crippen molar-refractivity contribution in [3.05, 3.63) is 44.5 Å². The average Bonchev–Trinajstić information content (AvgIpc) is 3.04. The van der Waals surface area contributed by atoms with E-state index >= 15 is 0 Å². The summed E-state index contributed by atoms with van der Waals surface area (Å²) in [6, 6.07) is 0. The van der Waals surface area contributed by atoms with Gasteiger partial charge in [0.25, 0.3) is 0 Å². The third-order valence-corrected chi connectivity index (χ3v) is 5.82. The number of ether oxygens (including phenoxy) is 1. The first-order chi connectivity index (χ1) is 11.6. The Balaban J connectivity index is 2.18. The number of nitrogens with zero attached hydrogens (tertiary/aromatic N) is 2. The molecule has 2 rings (SSSR count). The van der Waals surface area contributed by atoms with Gasteiger partial charge in [0.15, 0.2) is 5.13 Å². The van der Waals surface area contributed by atoms with Crippen LogP contribution in [-0.4, -0.2) is 23.9 Å². The Morgan fingerprint density at radius 3 is 2.08 bits per heavy atom. The van der Waals surface area contributed by atoms with E-state index in [1.54, 1.807) is 12.4 Å². The smallest absolute Gasteiger partial charge is 0.339 e. The van der Waals surface area contributed by atoms with Gasteiger partial charge in [-0.1, -0.05) is 0 Å². The fourth-order valence-electron chi connectivity index (χ4n) is 2.67. The van der Waals surface area contributed by atoms with Gasteiger partial charge in [-0.15, -0.1) is 11.3 Å². The lowest BCUT2D eigenvalue weighted by Gasteiger charge is -2.17. The van der Waals surface area contributed by atoms with Crippen LogP contribution in [0.15, 0.2) is 5.38 Å². The van der Waals surface area contributed by atoms with Crippen LogP contribution >= 0.6 is 11.3 Å². The van der Waals surface area contributed by atoms with Gasteiger partial charge in [-0.3, -0.25) is 9.69 Å². The van der Waals surface area contributed by atoms with E-state index in [1.165, 1.54) is 28.7 Å². The van der Waals surface area contributed by atoms with Crippen LogP contribution in [0.2, 0.25) is 0 Å². The van der Waals surface area contributed by atoms with Crippen molar-refractivity contribution >= 4 is 28.3 Å². The van der Waals surface area contributed by atoms with E-state index < -0.39 is 0 Å². The zero-order valence-corrected chi connectivity index (χ0v) is 16.6. The van der Waals surface area contributed by atoms with Crippen molar-refractivity contribution in [2.24, 2.45) is 0 Å². The van der Waals surface area contributed by atoms with Gasteiger partial charge in [0, 0.05) is 19.4 Å². The molecule has 0 radical (unpaired) electrons. The second-order valence-electron chi connectivity index (χ2n) is 6.28. The summed E-state index contributed by atoms with van der Waals surface area (Å²) in [5.74, 6) is -0.426. The molecule has 0 aliphatic carbocycles. The number of thiazole rings is 1. The number of hydrogen-bond donors (Lipinski definition) is 0. The van der Waals surface area contributed by atoms with Crippen molar-refractivity contribution in [2.75, 3.05) is 11.9 Å². The zero-order valence-electron chi connectivity index (χ0n) is 15.8. The van der Waals surface area contributed by atoms with Crippen molar-refractivity contribution < 1.29 is 14.3 Å². The van der Waals surface area contributed by atoms with Gasteiger partial charge < -0.3 is 4.74 Å². The van der Waals surface area contributed by atoms with Crippen LogP contribution in [0.1, 0.15) is 50.8 Å². The van der Waals surface area contributed by atoms with Crippen molar-refractivity contribution in [1.29, 1.82) is 0 Å². The molecule has 0 fully saturated rings. The summed E-state index contributed by atoms with van der Waals surface area (Å²) in [5.41, 5.74) is 6.64. The van der Waals surface area contributed by atoms with Crippen LogP contribution in [0.3, 0.4) is 0 Å². The molecule has 0 aliphatic rings. The van der Waals surface area contributed by atoms with Gasteiger partial charge in [0.2, 0.25) is 5.91 Å². The molecule has 0 N–H and O–H groups in total. The number of amides is 1. The minimum atomic E-state index is -0.337. The lowest BCUT2D eigenvalue weighted by Crippen LogP contribution is -2.22. The number of anilines is 1. The Hall–Kier alpha value is -2.21. The second kappa shape index (κ2) is 7.35. The molecule has 6 heteroatoms. The number of hydrogen-bond acceptors (Lipinski definition) is 5. The maximum absolute atomic E-state index is 12.6. The first-order valence-corrected chi connectivity index (χ1v) is 8.95. The van der Waals surface area contributed by atoms with Crippen molar-refractivity contribution in [3.8, 4) is 0 Å². The molecule has 0 saturated carbocycles. The van der Waals surface area contributed by atoms with Gasteiger partial charge in [0.1, 0.15) is 6.61 Å². The summed E-state index contributed by atoms with van der Waals surface area (Å²) in [7, 11) is 1.67. The van der Waals surface area contributed by atoms with Crippen LogP contribution < -0.4 is 4.90 Å². The van der Waals surface area contributed by atoms with E-state index in [4.69, 9.17) is 4.74 Å². The maximum Gasteiger partial charge on any atom is 0.339 e. The van der Waals surface area contributed by atoms with Crippen LogP contribution in [-0.2, 0) is 16.1 Å². The Bertz CT molecular complexity index is 810. The molecule has 1 aromatic heterocycles. The molecule has 0 atom stereocenters. The molecule has 134 valence electrons. The molecule has 0 saturated heterocycles. The topological polar surface area (TPSA) is 59.5 Å². The third kappa shape index (κ3) is 3.74. The molecule has 0 spiro atoms. The predicted octanol–water partition coefficient (Wildman–Crippen LogP) is 4.02. The monoisotopic (exact) mass is 360 g/mol. The van der Waals surface area contributed by atoms with Gasteiger partial charge in [-0.05, 0) is 62.4 Å². The molecule has 1 amide bonds. The first kappa shape index (κ1) is 19.1. The van der Waals surface area contributed by atoms with Crippen LogP contribution in [0.25, 0.3) is 0 Å². The average molecular weight is 360 g/mol. The summed E-state index contributed by atoms with van der Waals surface area (Å²) in [6.45, 7) is 11.6. The quantitative estimate of drug-likeness (QED) is 0.773. The molecule has 1 aromatic carbocycles. The Morgan fingerprint density at radius 2 is 1.56 bits per heavy atom. The Morgan fingerprint density at radius 1 is 1.04 bits per heavy atom. The van der Waals surface area contributed by atoms with E-state index in [9.17, 15) is 9.59 Å². The normalized spacial score (nSPS) is 10.7. The van der Waals surface area contributed by atoms with Gasteiger partial charge in [0.05, 0.1) is 11.3 Å². The lowest BCUT2D eigenvalue weighted by molar-refractivity contribution is -0.116. The van der Waals surface area contributed by atoms with Crippen molar-refractivity contribution in [2.45, 2.75) is 48.1 Å². The number of carbonyl (C=O) groups is 2. The predicted molar refractivity (Wildman–Crippen MR) is 100 cm³/mol. The molecule has 0 unspecified atom stereocenters. The highest BCUT2D eigenvalue weighted by molar-refractivity contribution is 7.14.